The Morgan fingerprint density at radius 2 is 1.76 bits per heavy atom. The zero-order chi connectivity index (χ0) is 15.2. The monoisotopic (exact) mass is 295 g/mol. The molecule has 0 bridgehead atoms. The number of nitriles is 1. The number of carbonyl (C=O) groups excluding carboxylic acids is 1. The van der Waals surface area contributed by atoms with Crippen molar-refractivity contribution < 1.29 is 4.79 Å². The number of thiocarbonyl (C=S) groups is 1. The maximum atomic E-state index is 12.1. The maximum Gasteiger partial charge on any atom is 0.257 e. The lowest BCUT2D eigenvalue weighted by Crippen LogP contribution is -2.40. The minimum Gasteiger partial charge on any atom is -0.320 e. The van der Waals surface area contributed by atoms with Gasteiger partial charge >= 0.3 is 0 Å². The van der Waals surface area contributed by atoms with Crippen LogP contribution in [-0.2, 0) is 0 Å². The Morgan fingerprint density at radius 3 is 2.43 bits per heavy atom. The van der Waals surface area contributed by atoms with Crippen molar-refractivity contribution in [2.24, 2.45) is 0 Å². The summed E-state index contributed by atoms with van der Waals surface area (Å²) >= 11 is 5.23. The van der Waals surface area contributed by atoms with Crippen LogP contribution < -0.4 is 10.2 Å². The van der Waals surface area contributed by atoms with E-state index in [1.807, 2.05) is 12.1 Å². The highest BCUT2D eigenvalue weighted by molar-refractivity contribution is 7.80. The number of amides is 1. The molecule has 0 spiro atoms. The molecule has 0 saturated heterocycles. The van der Waals surface area contributed by atoms with Crippen LogP contribution in [-0.4, -0.2) is 18.1 Å². The van der Waals surface area contributed by atoms with Gasteiger partial charge in [0.1, 0.15) is 6.07 Å². The minimum atomic E-state index is -0.276. The molecule has 0 saturated carbocycles. The standard InChI is InChI=1S/C16H13N3OS/c1-19(14-10-6-5-9-13(14)11-17)16(21)18-15(20)12-7-3-2-4-8-12/h2-10H,1H3,(H,18,20,21). The third-order valence-corrected chi connectivity index (χ3v) is 3.32. The number of rotatable bonds is 2. The summed E-state index contributed by atoms with van der Waals surface area (Å²) in [5.74, 6) is -0.276. The summed E-state index contributed by atoms with van der Waals surface area (Å²) in [7, 11) is 1.71. The highest BCUT2D eigenvalue weighted by atomic mass is 32.1. The van der Waals surface area contributed by atoms with Crippen molar-refractivity contribution in [2.45, 2.75) is 0 Å². The molecule has 0 unspecified atom stereocenters. The molecule has 5 heteroatoms. The highest BCUT2D eigenvalue weighted by Gasteiger charge is 2.14. The Hall–Kier alpha value is -2.71. The van der Waals surface area contributed by atoms with Crippen LogP contribution >= 0.6 is 12.2 Å². The lowest BCUT2D eigenvalue weighted by molar-refractivity contribution is 0.0977. The largest absolute Gasteiger partial charge is 0.320 e. The summed E-state index contributed by atoms with van der Waals surface area (Å²) in [5, 5.41) is 12.0. The van der Waals surface area contributed by atoms with E-state index in [0.29, 0.717) is 16.8 Å². The number of benzene rings is 2. The van der Waals surface area contributed by atoms with Gasteiger partial charge in [0, 0.05) is 12.6 Å². The fourth-order valence-electron chi connectivity index (χ4n) is 1.81. The average Bonchev–Trinajstić information content (AvgIpc) is 2.54. The lowest BCUT2D eigenvalue weighted by Gasteiger charge is -2.21. The van der Waals surface area contributed by atoms with Crippen molar-refractivity contribution in [3.63, 3.8) is 0 Å². The first-order chi connectivity index (χ1) is 10.1. The number of hydrogen-bond donors (Lipinski definition) is 1. The van der Waals surface area contributed by atoms with Gasteiger partial charge in [-0.15, -0.1) is 0 Å². The first-order valence-corrected chi connectivity index (χ1v) is 6.67. The van der Waals surface area contributed by atoms with Crippen molar-refractivity contribution in [3.05, 3.63) is 65.7 Å². The van der Waals surface area contributed by atoms with Crippen LogP contribution in [0.15, 0.2) is 54.6 Å². The number of hydrogen-bond acceptors (Lipinski definition) is 3. The molecule has 1 N–H and O–H groups in total. The summed E-state index contributed by atoms with van der Waals surface area (Å²) in [5.41, 5.74) is 1.68. The highest BCUT2D eigenvalue weighted by Crippen LogP contribution is 2.18. The van der Waals surface area contributed by atoms with Crippen molar-refractivity contribution >= 4 is 28.9 Å². The quantitative estimate of drug-likeness (QED) is 0.866. The Morgan fingerprint density at radius 1 is 1.14 bits per heavy atom. The third-order valence-electron chi connectivity index (χ3n) is 2.95. The second-order valence-corrected chi connectivity index (χ2v) is 4.70. The van der Waals surface area contributed by atoms with E-state index in [1.165, 1.54) is 0 Å². The van der Waals surface area contributed by atoms with Crippen LogP contribution in [0.3, 0.4) is 0 Å². The SMILES string of the molecule is CN(C(=S)NC(=O)c1ccccc1)c1ccccc1C#N. The summed E-state index contributed by atoms with van der Waals surface area (Å²) in [4.78, 5) is 13.7. The molecule has 0 aliphatic carbocycles. The van der Waals surface area contributed by atoms with Gasteiger partial charge in [0.15, 0.2) is 5.11 Å². The van der Waals surface area contributed by atoms with E-state index in [0.717, 1.165) is 0 Å². The summed E-state index contributed by atoms with van der Waals surface area (Å²) in [6, 6.07) is 18.0. The third kappa shape index (κ3) is 3.44. The Labute approximate surface area is 128 Å². The van der Waals surface area contributed by atoms with Crippen LogP contribution in [0.4, 0.5) is 5.69 Å². The molecule has 104 valence electrons. The molecule has 4 nitrogen and oxygen atoms in total. The predicted molar refractivity (Wildman–Crippen MR) is 86.1 cm³/mol. The predicted octanol–water partition coefficient (Wildman–Crippen LogP) is 2.71. The molecule has 21 heavy (non-hydrogen) atoms. The Bertz CT molecular complexity index is 707. The van der Waals surface area contributed by atoms with Crippen LogP contribution in [0.1, 0.15) is 15.9 Å². The second kappa shape index (κ2) is 6.64. The number of nitrogens with one attached hydrogen (secondary N) is 1. The average molecular weight is 295 g/mol. The number of carbonyl (C=O) groups is 1. The smallest absolute Gasteiger partial charge is 0.257 e. The van der Waals surface area contributed by atoms with Crippen LogP contribution in [0, 0.1) is 11.3 Å². The first kappa shape index (κ1) is 14.7. The van der Waals surface area contributed by atoms with Crippen molar-refractivity contribution in [3.8, 4) is 6.07 Å². The van der Waals surface area contributed by atoms with Crippen LogP contribution in [0.5, 0.6) is 0 Å². The zero-order valence-electron chi connectivity index (χ0n) is 11.4. The molecule has 2 aromatic carbocycles. The van der Waals surface area contributed by atoms with Gasteiger partial charge in [-0.3, -0.25) is 10.1 Å². The summed E-state index contributed by atoms with van der Waals surface area (Å²) in [6.45, 7) is 0. The number of anilines is 1. The van der Waals surface area contributed by atoms with E-state index < -0.39 is 0 Å². The van der Waals surface area contributed by atoms with E-state index in [4.69, 9.17) is 17.5 Å². The lowest BCUT2D eigenvalue weighted by atomic mass is 10.2. The second-order valence-electron chi connectivity index (χ2n) is 4.31. The first-order valence-electron chi connectivity index (χ1n) is 6.26. The molecule has 2 aromatic rings. The molecule has 0 fully saturated rings. The van der Waals surface area contributed by atoms with Gasteiger partial charge in [0.05, 0.1) is 11.3 Å². The van der Waals surface area contributed by atoms with Crippen LogP contribution in [0.2, 0.25) is 0 Å². The van der Waals surface area contributed by atoms with Crippen molar-refractivity contribution in [1.29, 1.82) is 5.26 Å². The normalized spacial score (nSPS) is 9.52. The molecule has 0 heterocycles. The molecule has 0 radical (unpaired) electrons. The molecule has 0 atom stereocenters. The minimum absolute atomic E-state index is 0.242. The van der Waals surface area contributed by atoms with Gasteiger partial charge in [0.25, 0.3) is 5.91 Å². The maximum absolute atomic E-state index is 12.1. The van der Waals surface area contributed by atoms with Crippen molar-refractivity contribution in [1.82, 2.24) is 5.32 Å². The molecule has 0 aliphatic heterocycles. The topological polar surface area (TPSA) is 56.1 Å². The Balaban J connectivity index is 2.14. The van der Waals surface area contributed by atoms with E-state index in [1.54, 1.807) is 54.4 Å². The van der Waals surface area contributed by atoms with Gasteiger partial charge in [-0.05, 0) is 36.5 Å². The fourth-order valence-corrected chi connectivity index (χ4v) is 2.00. The molecule has 0 aromatic heterocycles. The molecule has 0 aliphatic rings. The van der Waals surface area contributed by atoms with Gasteiger partial charge in [0.2, 0.25) is 0 Å². The number of nitrogens with zero attached hydrogens (tertiary/aromatic N) is 2. The van der Waals surface area contributed by atoms with Crippen LogP contribution in [0.25, 0.3) is 0 Å². The summed E-state index contributed by atoms with van der Waals surface area (Å²) in [6.07, 6.45) is 0. The Kier molecular flexibility index (Phi) is 4.64. The van der Waals surface area contributed by atoms with Gasteiger partial charge in [-0.25, -0.2) is 0 Å². The summed E-state index contributed by atoms with van der Waals surface area (Å²) < 4.78 is 0. The van der Waals surface area contributed by atoms with Gasteiger partial charge in [-0.2, -0.15) is 5.26 Å². The molecule has 2 rings (SSSR count). The van der Waals surface area contributed by atoms with Crippen molar-refractivity contribution in [2.75, 3.05) is 11.9 Å². The van der Waals surface area contributed by atoms with E-state index in [9.17, 15) is 4.79 Å². The van der Waals surface area contributed by atoms with E-state index in [2.05, 4.69) is 11.4 Å². The van der Waals surface area contributed by atoms with Gasteiger partial charge < -0.3 is 4.90 Å². The molecular weight excluding hydrogens is 282 g/mol. The molecular formula is C16H13N3OS. The zero-order valence-corrected chi connectivity index (χ0v) is 12.2. The van der Waals surface area contributed by atoms with E-state index in [-0.39, 0.29) is 11.0 Å². The fraction of sp³-hybridized carbons (Fsp3) is 0.0625. The van der Waals surface area contributed by atoms with Gasteiger partial charge in [-0.1, -0.05) is 30.3 Å². The molecule has 1 amide bonds. The number of para-hydroxylation sites is 1. The van der Waals surface area contributed by atoms with E-state index >= 15 is 0 Å².